The smallest absolute Gasteiger partial charge is 0.395 e. The minimum atomic E-state index is -4.91. The molecule has 7 heteroatoms. The fourth-order valence-electron chi connectivity index (χ4n) is 4.10. The van der Waals surface area contributed by atoms with Gasteiger partial charge in [0.15, 0.2) is 0 Å². The minimum Gasteiger partial charge on any atom is -0.395 e. The Bertz CT molecular complexity index is 723. The number of piperidine rings is 1. The maximum atomic E-state index is 12.7. The molecule has 2 N–H and O–H groups in total. The zero-order valence-corrected chi connectivity index (χ0v) is 15.9. The van der Waals surface area contributed by atoms with Gasteiger partial charge < -0.3 is 15.3 Å². The molecule has 0 spiro atoms. The molecule has 0 aromatic heterocycles. The number of alkyl halides is 3. The van der Waals surface area contributed by atoms with Gasteiger partial charge in [-0.05, 0) is 80.8 Å². The summed E-state index contributed by atoms with van der Waals surface area (Å²) >= 11 is 0. The van der Waals surface area contributed by atoms with Crippen molar-refractivity contribution in [1.82, 2.24) is 4.90 Å². The van der Waals surface area contributed by atoms with Crippen molar-refractivity contribution in [1.29, 1.82) is 0 Å². The molecule has 0 bridgehead atoms. The molecule has 1 aliphatic carbocycles. The van der Waals surface area contributed by atoms with Crippen LogP contribution < -0.4 is 5.32 Å². The fraction of sp³-hybridized carbons (Fsp3) is 0.571. The normalized spacial score (nSPS) is 19.4. The van der Waals surface area contributed by atoms with Crippen molar-refractivity contribution in [2.45, 2.75) is 50.6 Å². The first-order chi connectivity index (χ1) is 13.4. The number of nitrogens with zero attached hydrogens (tertiary/aromatic N) is 1. The van der Waals surface area contributed by atoms with E-state index in [0.29, 0.717) is 18.0 Å². The average molecular weight is 396 g/mol. The number of nitrogens with one attached hydrogen (secondary N) is 1. The monoisotopic (exact) mass is 396 g/mol. The summed E-state index contributed by atoms with van der Waals surface area (Å²) in [4.78, 5) is 13.7. The first kappa shape index (κ1) is 20.9. The van der Waals surface area contributed by atoms with E-state index in [4.69, 9.17) is 5.11 Å². The molecule has 1 aliphatic heterocycles. The summed E-state index contributed by atoms with van der Waals surface area (Å²) in [5.74, 6) is -1.60. The van der Waals surface area contributed by atoms with Crippen molar-refractivity contribution in [2.24, 2.45) is 0 Å². The second kappa shape index (κ2) is 9.09. The lowest BCUT2D eigenvalue weighted by Gasteiger charge is -2.32. The number of hydrogen-bond donors (Lipinski definition) is 2. The van der Waals surface area contributed by atoms with Crippen LogP contribution in [-0.2, 0) is 4.79 Å². The molecule has 1 saturated heterocycles. The largest absolute Gasteiger partial charge is 0.471 e. The summed E-state index contributed by atoms with van der Waals surface area (Å²) < 4.78 is 38.2. The van der Waals surface area contributed by atoms with Gasteiger partial charge in [-0.2, -0.15) is 13.2 Å². The van der Waals surface area contributed by atoms with Crippen LogP contribution in [0.25, 0.3) is 5.57 Å². The van der Waals surface area contributed by atoms with Gasteiger partial charge in [0.2, 0.25) is 0 Å². The van der Waals surface area contributed by atoms with Gasteiger partial charge in [0.05, 0.1) is 6.61 Å². The second-order valence-corrected chi connectivity index (χ2v) is 7.57. The Hall–Kier alpha value is -1.86. The van der Waals surface area contributed by atoms with Crippen molar-refractivity contribution in [3.63, 3.8) is 0 Å². The molecule has 1 heterocycles. The van der Waals surface area contributed by atoms with Crippen LogP contribution >= 0.6 is 0 Å². The number of aliphatic hydroxyl groups excluding tert-OH is 1. The number of β-amino-alcohol motifs (C(OH)–C–C–N with tert-alkyl or cyclic N) is 1. The molecular weight excluding hydrogens is 369 g/mol. The molecule has 0 radical (unpaired) electrons. The number of rotatable bonds is 5. The van der Waals surface area contributed by atoms with Crippen molar-refractivity contribution >= 4 is 17.2 Å². The molecular formula is C21H27F3N2O2. The highest BCUT2D eigenvalue weighted by Gasteiger charge is 2.39. The number of halogens is 3. The minimum absolute atomic E-state index is 0.149. The Labute approximate surface area is 163 Å². The maximum Gasteiger partial charge on any atom is 0.471 e. The van der Waals surface area contributed by atoms with Crippen LogP contribution in [0.2, 0.25) is 0 Å². The number of benzene rings is 1. The first-order valence-electron chi connectivity index (χ1n) is 9.93. The second-order valence-electron chi connectivity index (χ2n) is 7.57. The van der Waals surface area contributed by atoms with Gasteiger partial charge in [-0.25, -0.2) is 0 Å². The third kappa shape index (κ3) is 5.14. The molecule has 1 aromatic rings. The highest BCUT2D eigenvalue weighted by Crippen LogP contribution is 2.36. The van der Waals surface area contributed by atoms with Crippen LogP contribution in [0.3, 0.4) is 0 Å². The lowest BCUT2D eigenvalue weighted by Crippen LogP contribution is -2.35. The molecule has 1 aromatic carbocycles. The quantitative estimate of drug-likeness (QED) is 0.780. The van der Waals surface area contributed by atoms with Crippen molar-refractivity contribution < 1.29 is 23.1 Å². The zero-order valence-electron chi connectivity index (χ0n) is 15.9. The van der Waals surface area contributed by atoms with E-state index in [-0.39, 0.29) is 12.3 Å². The van der Waals surface area contributed by atoms with E-state index in [1.54, 1.807) is 6.07 Å². The van der Waals surface area contributed by atoms with Gasteiger partial charge in [-0.15, -0.1) is 0 Å². The van der Waals surface area contributed by atoms with Gasteiger partial charge in [-0.1, -0.05) is 12.1 Å². The average Bonchev–Trinajstić information content (AvgIpc) is 2.69. The number of carbonyl (C=O) groups excluding carboxylic acids is 1. The lowest BCUT2D eigenvalue weighted by molar-refractivity contribution is -0.167. The standard InChI is InChI=1S/C21H27F3N2O2/c22-21(23,24)20(28)25-19-7-6-17(14-18(19)16-4-2-1-3-5-16)15-8-10-26(11-9-15)12-13-27/h4,6-7,14-15,27H,1-3,5,8-13H2,(H,25,28). The summed E-state index contributed by atoms with van der Waals surface area (Å²) in [5.41, 5.74) is 3.07. The molecule has 0 saturated carbocycles. The van der Waals surface area contributed by atoms with Gasteiger partial charge >= 0.3 is 12.1 Å². The topological polar surface area (TPSA) is 52.6 Å². The van der Waals surface area contributed by atoms with E-state index < -0.39 is 12.1 Å². The number of aliphatic hydroxyl groups is 1. The summed E-state index contributed by atoms with van der Waals surface area (Å²) in [5, 5.41) is 11.1. The van der Waals surface area contributed by atoms with Crippen LogP contribution in [0.5, 0.6) is 0 Å². The van der Waals surface area contributed by atoms with E-state index in [1.807, 2.05) is 12.1 Å². The SMILES string of the molecule is O=C(Nc1ccc(C2CCN(CCO)CC2)cc1C1=CCCCC1)C(F)(F)F. The van der Waals surface area contributed by atoms with Crippen LogP contribution in [0.4, 0.5) is 18.9 Å². The van der Waals surface area contributed by atoms with Crippen LogP contribution in [0.1, 0.15) is 55.6 Å². The molecule has 1 amide bonds. The molecule has 4 nitrogen and oxygen atoms in total. The van der Waals surface area contributed by atoms with E-state index >= 15 is 0 Å². The number of anilines is 1. The van der Waals surface area contributed by atoms with Crippen LogP contribution in [-0.4, -0.2) is 48.3 Å². The molecule has 1 fully saturated rings. The van der Waals surface area contributed by atoms with Gasteiger partial charge in [0.25, 0.3) is 0 Å². The van der Waals surface area contributed by atoms with Gasteiger partial charge in [-0.3, -0.25) is 4.79 Å². The van der Waals surface area contributed by atoms with Gasteiger partial charge in [0, 0.05) is 17.8 Å². The Morgan fingerprint density at radius 2 is 1.96 bits per heavy atom. The molecule has 2 aliphatic rings. The highest BCUT2D eigenvalue weighted by molar-refractivity contribution is 5.97. The Balaban J connectivity index is 1.84. The number of likely N-dealkylation sites (tertiary alicyclic amines) is 1. The molecule has 3 rings (SSSR count). The van der Waals surface area contributed by atoms with Crippen LogP contribution in [0, 0.1) is 0 Å². The third-order valence-corrected chi connectivity index (χ3v) is 5.66. The summed E-state index contributed by atoms with van der Waals surface area (Å²) in [6.45, 7) is 2.62. The van der Waals surface area contributed by atoms with E-state index in [9.17, 15) is 18.0 Å². The van der Waals surface area contributed by atoms with Crippen molar-refractivity contribution in [2.75, 3.05) is 31.6 Å². The number of amides is 1. The third-order valence-electron chi connectivity index (χ3n) is 5.66. The van der Waals surface area contributed by atoms with E-state index in [1.165, 1.54) is 0 Å². The van der Waals surface area contributed by atoms with E-state index in [0.717, 1.165) is 62.8 Å². The first-order valence-corrected chi connectivity index (χ1v) is 9.93. The van der Waals surface area contributed by atoms with E-state index in [2.05, 4.69) is 16.3 Å². The number of carbonyl (C=O) groups is 1. The van der Waals surface area contributed by atoms with Crippen LogP contribution in [0.15, 0.2) is 24.3 Å². The summed E-state index contributed by atoms with van der Waals surface area (Å²) in [6, 6.07) is 5.42. The van der Waals surface area contributed by atoms with Crippen molar-refractivity contribution in [3.05, 3.63) is 35.4 Å². The summed E-state index contributed by atoms with van der Waals surface area (Å²) in [7, 11) is 0. The van der Waals surface area contributed by atoms with Crippen molar-refractivity contribution in [3.8, 4) is 0 Å². The zero-order chi connectivity index (χ0) is 20.1. The molecule has 28 heavy (non-hydrogen) atoms. The predicted molar refractivity (Wildman–Crippen MR) is 103 cm³/mol. The Morgan fingerprint density at radius 3 is 2.57 bits per heavy atom. The lowest BCUT2D eigenvalue weighted by atomic mass is 9.85. The maximum absolute atomic E-state index is 12.7. The molecule has 0 atom stereocenters. The number of allylic oxidation sites excluding steroid dienone is 2. The Kier molecular flexibility index (Phi) is 6.78. The van der Waals surface area contributed by atoms with Gasteiger partial charge in [0.1, 0.15) is 0 Å². The predicted octanol–water partition coefficient (Wildman–Crippen LogP) is 4.32. The highest BCUT2D eigenvalue weighted by atomic mass is 19.4. The molecule has 154 valence electrons. The summed E-state index contributed by atoms with van der Waals surface area (Å²) in [6.07, 6.45) is 2.88. The Morgan fingerprint density at radius 1 is 1.21 bits per heavy atom. The molecule has 0 unspecified atom stereocenters. The fourth-order valence-corrected chi connectivity index (χ4v) is 4.10. The number of hydrogen-bond acceptors (Lipinski definition) is 3.